The lowest BCUT2D eigenvalue weighted by Crippen LogP contribution is -1.99. The topological polar surface area (TPSA) is 30.2 Å². The second-order valence-corrected chi connectivity index (χ2v) is 5.43. The van der Waals surface area contributed by atoms with Crippen LogP contribution in [0.4, 0.5) is 0 Å². The van der Waals surface area contributed by atoms with Crippen LogP contribution in [0.25, 0.3) is 34.1 Å². The van der Waals surface area contributed by atoms with Crippen LogP contribution >= 0.6 is 0 Å². The van der Waals surface area contributed by atoms with Gasteiger partial charge in [-0.15, -0.1) is 0 Å². The Bertz CT molecular complexity index is 1030. The van der Waals surface area contributed by atoms with E-state index in [1.54, 1.807) is 0 Å². The maximum atomic E-state index is 12.4. The van der Waals surface area contributed by atoms with E-state index in [1.165, 1.54) is 0 Å². The van der Waals surface area contributed by atoms with Crippen LogP contribution < -0.4 is 5.63 Å². The Morgan fingerprint density at radius 2 is 1.52 bits per heavy atom. The molecule has 4 rings (SSSR count). The van der Waals surface area contributed by atoms with Gasteiger partial charge in [-0.2, -0.15) is 0 Å². The second-order valence-electron chi connectivity index (χ2n) is 5.43. The van der Waals surface area contributed by atoms with Gasteiger partial charge in [0.2, 0.25) is 0 Å². The number of hydrogen-bond donors (Lipinski definition) is 0. The van der Waals surface area contributed by atoms with Gasteiger partial charge < -0.3 is 4.42 Å². The number of rotatable bonds is 2. The molecule has 110 valence electrons. The molecule has 0 saturated heterocycles. The van der Waals surface area contributed by atoms with Crippen LogP contribution in [0, 0.1) is 0 Å². The molecular weight excluding hydrogens is 284 g/mol. The molecule has 2 aromatic rings. The molecule has 0 N–H and O–H groups in total. The summed E-state index contributed by atoms with van der Waals surface area (Å²) in [7, 11) is 0. The fourth-order valence-electron chi connectivity index (χ4n) is 2.82. The van der Waals surface area contributed by atoms with Crippen LogP contribution in [-0.2, 0) is 0 Å². The number of benzene rings is 1. The lowest BCUT2D eigenvalue weighted by molar-refractivity contribution is 0.510. The van der Waals surface area contributed by atoms with E-state index >= 15 is 0 Å². The Morgan fingerprint density at radius 3 is 2.35 bits per heavy atom. The van der Waals surface area contributed by atoms with Crippen LogP contribution in [0.5, 0.6) is 0 Å². The van der Waals surface area contributed by atoms with Crippen molar-refractivity contribution in [2.24, 2.45) is 0 Å². The summed E-state index contributed by atoms with van der Waals surface area (Å²) in [6.07, 6.45) is 3.76. The predicted octanol–water partition coefficient (Wildman–Crippen LogP) is 5.07. The summed E-state index contributed by atoms with van der Waals surface area (Å²) >= 11 is 0. The molecule has 1 heterocycles. The van der Waals surface area contributed by atoms with Crippen molar-refractivity contribution in [1.82, 2.24) is 0 Å². The average Bonchev–Trinajstić information content (AvgIpc) is 2.76. The largest absolute Gasteiger partial charge is 0.423 e. The fraction of sp³-hybridized carbons (Fsp3) is 0. The highest BCUT2D eigenvalue weighted by molar-refractivity contribution is 6.01. The zero-order chi connectivity index (χ0) is 15.6. The van der Waals surface area contributed by atoms with E-state index in [9.17, 15) is 4.79 Å². The highest BCUT2D eigenvalue weighted by Crippen LogP contribution is 2.31. The first-order valence-corrected chi connectivity index (χ1v) is 7.50. The number of hydrogen-bond acceptors (Lipinski definition) is 2. The van der Waals surface area contributed by atoms with Gasteiger partial charge in [-0.25, -0.2) is 4.79 Å². The summed E-state index contributed by atoms with van der Waals surface area (Å²) in [4.78, 5) is 12.4. The minimum absolute atomic E-state index is 0.295. The van der Waals surface area contributed by atoms with Gasteiger partial charge in [-0.3, -0.25) is 0 Å². The third-order valence-electron chi connectivity index (χ3n) is 3.89. The Hall–Kier alpha value is -3.13. The van der Waals surface area contributed by atoms with E-state index in [2.05, 4.69) is 0 Å². The molecule has 0 radical (unpaired) electrons. The normalized spacial score (nSPS) is 11.5. The zero-order valence-corrected chi connectivity index (χ0v) is 12.4. The Kier molecular flexibility index (Phi) is 3.28. The van der Waals surface area contributed by atoms with Crippen molar-refractivity contribution in [3.05, 3.63) is 94.5 Å². The van der Waals surface area contributed by atoms with E-state index in [1.807, 2.05) is 84.9 Å². The van der Waals surface area contributed by atoms with Crippen molar-refractivity contribution in [2.75, 3.05) is 0 Å². The summed E-state index contributed by atoms with van der Waals surface area (Å²) in [6.45, 7) is 0. The Balaban J connectivity index is 1.85. The summed E-state index contributed by atoms with van der Waals surface area (Å²) < 4.78 is 5.47. The highest BCUT2D eigenvalue weighted by Gasteiger charge is 2.13. The molecule has 0 bridgehead atoms. The van der Waals surface area contributed by atoms with Gasteiger partial charge in [0.05, 0.1) is 5.39 Å². The summed E-state index contributed by atoms with van der Waals surface area (Å²) in [5.74, 6) is 0.561. The average molecular weight is 298 g/mol. The van der Waals surface area contributed by atoms with Crippen molar-refractivity contribution in [1.29, 1.82) is 0 Å². The molecule has 0 aliphatic heterocycles. The maximum absolute atomic E-state index is 12.4. The van der Waals surface area contributed by atoms with Gasteiger partial charge in [-0.05, 0) is 40.3 Å². The molecular formula is C21H14O2. The molecule has 0 fully saturated rings. The maximum Gasteiger partial charge on any atom is 0.344 e. The van der Waals surface area contributed by atoms with Crippen LogP contribution in [0.1, 0.15) is 11.3 Å². The minimum atomic E-state index is -0.295. The fourth-order valence-corrected chi connectivity index (χ4v) is 2.82. The molecule has 2 heteroatoms. The van der Waals surface area contributed by atoms with E-state index in [4.69, 9.17) is 4.42 Å². The molecule has 2 nitrogen and oxygen atoms in total. The van der Waals surface area contributed by atoms with Crippen molar-refractivity contribution < 1.29 is 4.42 Å². The summed E-state index contributed by atoms with van der Waals surface area (Å²) in [6, 6.07) is 23.7. The smallest absolute Gasteiger partial charge is 0.344 e. The first-order valence-electron chi connectivity index (χ1n) is 7.50. The van der Waals surface area contributed by atoms with E-state index in [0.29, 0.717) is 11.1 Å². The van der Waals surface area contributed by atoms with E-state index in [0.717, 1.165) is 22.1 Å². The third-order valence-corrected chi connectivity index (χ3v) is 3.89. The first kappa shape index (κ1) is 13.5. The van der Waals surface area contributed by atoms with Gasteiger partial charge in [-0.1, -0.05) is 66.7 Å². The Morgan fingerprint density at radius 1 is 0.783 bits per heavy atom. The molecule has 0 atom stereocenters. The highest BCUT2D eigenvalue weighted by atomic mass is 16.4. The first-order chi connectivity index (χ1) is 11.3. The summed E-state index contributed by atoms with van der Waals surface area (Å²) in [5.41, 5.74) is 2.74. The quantitative estimate of drug-likeness (QED) is 0.517. The number of fused-ring (bicyclic) bond motifs is 3. The van der Waals surface area contributed by atoms with Crippen LogP contribution in [-0.4, -0.2) is 0 Å². The summed E-state index contributed by atoms with van der Waals surface area (Å²) in [5, 5.41) is 1.56. The predicted molar refractivity (Wildman–Crippen MR) is 94.5 cm³/mol. The molecule has 0 spiro atoms. The van der Waals surface area contributed by atoms with Gasteiger partial charge >= 0.3 is 5.63 Å². The van der Waals surface area contributed by atoms with E-state index < -0.39 is 0 Å². The third kappa shape index (κ3) is 2.55. The van der Waals surface area contributed by atoms with Gasteiger partial charge in [0.15, 0.2) is 0 Å². The van der Waals surface area contributed by atoms with Crippen molar-refractivity contribution in [3.63, 3.8) is 0 Å². The SMILES string of the molecule is O=c1oc(C=Cc2ccccc2)cc2cc3cccccc-3c12. The monoisotopic (exact) mass is 298 g/mol. The molecule has 1 aromatic heterocycles. The van der Waals surface area contributed by atoms with Crippen LogP contribution in [0.3, 0.4) is 0 Å². The zero-order valence-electron chi connectivity index (χ0n) is 12.4. The molecule has 0 unspecified atom stereocenters. The second kappa shape index (κ2) is 5.58. The van der Waals surface area contributed by atoms with E-state index in [-0.39, 0.29) is 5.63 Å². The van der Waals surface area contributed by atoms with Gasteiger partial charge in [0.1, 0.15) is 5.76 Å². The van der Waals surface area contributed by atoms with Gasteiger partial charge in [0, 0.05) is 0 Å². The molecule has 2 aliphatic rings. The molecule has 2 aliphatic carbocycles. The van der Waals surface area contributed by atoms with Crippen molar-refractivity contribution >= 4 is 22.9 Å². The van der Waals surface area contributed by atoms with Crippen molar-refractivity contribution in [3.8, 4) is 11.1 Å². The Labute approximate surface area is 133 Å². The van der Waals surface area contributed by atoms with Crippen molar-refractivity contribution in [2.45, 2.75) is 0 Å². The minimum Gasteiger partial charge on any atom is -0.423 e. The lowest BCUT2D eigenvalue weighted by Gasteiger charge is -1.96. The lowest BCUT2D eigenvalue weighted by atomic mass is 10.1. The van der Waals surface area contributed by atoms with Gasteiger partial charge in [0.25, 0.3) is 0 Å². The van der Waals surface area contributed by atoms with Crippen LogP contribution in [0.15, 0.2) is 82.0 Å². The molecule has 23 heavy (non-hydrogen) atoms. The molecule has 0 amide bonds. The molecule has 0 saturated carbocycles. The molecule has 1 aromatic carbocycles. The van der Waals surface area contributed by atoms with Crippen LogP contribution in [0.2, 0.25) is 0 Å². The standard InChI is InChI=1S/C21H14O2/c22-21-20-17(13-16-9-5-2-6-10-19(16)20)14-18(23-21)12-11-15-7-3-1-4-8-15/h1-14H.